The van der Waals surface area contributed by atoms with Crippen LogP contribution in [0, 0.1) is 11.8 Å². The molecule has 114 valence electrons. The lowest BCUT2D eigenvalue weighted by Gasteiger charge is -2.11. The molecule has 1 atom stereocenters. The van der Waals surface area contributed by atoms with Crippen LogP contribution in [0.2, 0.25) is 0 Å². The van der Waals surface area contributed by atoms with E-state index >= 15 is 0 Å². The van der Waals surface area contributed by atoms with E-state index in [0.717, 1.165) is 17.4 Å². The van der Waals surface area contributed by atoms with Crippen molar-refractivity contribution in [1.82, 2.24) is 0 Å². The van der Waals surface area contributed by atoms with Gasteiger partial charge in [-0.3, -0.25) is 4.72 Å². The average molecular weight is 314 g/mol. The SMILES string of the molecule is C[C@@H](N)c1ccc(NS(C)(=O)=O)c(C#Cc2ccccc2)c1. The summed E-state index contributed by atoms with van der Waals surface area (Å²) in [5, 5.41) is 0. The summed E-state index contributed by atoms with van der Waals surface area (Å²) in [6.07, 6.45) is 1.11. The number of hydrogen-bond acceptors (Lipinski definition) is 3. The van der Waals surface area contributed by atoms with Gasteiger partial charge in [0, 0.05) is 17.2 Å². The summed E-state index contributed by atoms with van der Waals surface area (Å²) in [6.45, 7) is 1.87. The molecule has 0 aliphatic heterocycles. The van der Waals surface area contributed by atoms with Crippen molar-refractivity contribution in [3.05, 3.63) is 65.2 Å². The first-order valence-corrected chi connectivity index (χ1v) is 8.69. The molecule has 0 fully saturated rings. The molecule has 2 aromatic carbocycles. The summed E-state index contributed by atoms with van der Waals surface area (Å²) < 4.78 is 25.4. The molecule has 0 heterocycles. The van der Waals surface area contributed by atoms with Crippen LogP contribution >= 0.6 is 0 Å². The van der Waals surface area contributed by atoms with Crippen molar-refractivity contribution in [2.75, 3.05) is 11.0 Å². The number of benzene rings is 2. The van der Waals surface area contributed by atoms with Crippen LogP contribution in [0.1, 0.15) is 29.7 Å². The Morgan fingerprint density at radius 1 is 1.09 bits per heavy atom. The highest BCUT2D eigenvalue weighted by atomic mass is 32.2. The lowest BCUT2D eigenvalue weighted by Crippen LogP contribution is -2.12. The zero-order valence-corrected chi connectivity index (χ0v) is 13.3. The maximum absolute atomic E-state index is 11.5. The molecular formula is C17H18N2O2S. The van der Waals surface area contributed by atoms with Crippen molar-refractivity contribution in [2.45, 2.75) is 13.0 Å². The van der Waals surface area contributed by atoms with E-state index in [-0.39, 0.29) is 6.04 Å². The molecule has 22 heavy (non-hydrogen) atoms. The number of rotatable bonds is 3. The molecule has 0 radical (unpaired) electrons. The number of nitrogens with one attached hydrogen (secondary N) is 1. The average Bonchev–Trinajstić information content (AvgIpc) is 2.45. The topological polar surface area (TPSA) is 72.2 Å². The van der Waals surface area contributed by atoms with Crippen molar-refractivity contribution >= 4 is 15.7 Å². The third-order valence-corrected chi connectivity index (χ3v) is 3.57. The van der Waals surface area contributed by atoms with Gasteiger partial charge >= 0.3 is 0 Å². The van der Waals surface area contributed by atoms with Crippen LogP contribution in [0.25, 0.3) is 0 Å². The van der Waals surface area contributed by atoms with E-state index in [1.165, 1.54) is 0 Å². The van der Waals surface area contributed by atoms with Gasteiger partial charge in [0.15, 0.2) is 0 Å². The molecule has 0 unspecified atom stereocenters. The van der Waals surface area contributed by atoms with Crippen molar-refractivity contribution in [3.8, 4) is 11.8 Å². The van der Waals surface area contributed by atoms with Gasteiger partial charge in [0.2, 0.25) is 10.0 Å². The monoisotopic (exact) mass is 314 g/mol. The van der Waals surface area contributed by atoms with E-state index in [4.69, 9.17) is 5.73 Å². The van der Waals surface area contributed by atoms with E-state index < -0.39 is 10.0 Å². The van der Waals surface area contributed by atoms with E-state index in [2.05, 4.69) is 16.6 Å². The van der Waals surface area contributed by atoms with E-state index in [1.54, 1.807) is 12.1 Å². The first-order valence-electron chi connectivity index (χ1n) is 6.79. The second-order valence-corrected chi connectivity index (χ2v) is 6.83. The Labute approximate surface area is 131 Å². The molecule has 0 aliphatic rings. The van der Waals surface area contributed by atoms with Crippen LogP contribution in [0.15, 0.2) is 48.5 Å². The summed E-state index contributed by atoms with van der Waals surface area (Å²) >= 11 is 0. The maximum Gasteiger partial charge on any atom is 0.229 e. The molecule has 0 amide bonds. The standard InChI is InChI=1S/C17H18N2O2S/c1-13(18)15-10-11-17(19-22(2,20)21)16(12-15)9-8-14-6-4-3-5-7-14/h3-7,10-13,19H,18H2,1-2H3/t13-/m1/s1. The first-order chi connectivity index (χ1) is 10.3. The predicted molar refractivity (Wildman–Crippen MR) is 89.9 cm³/mol. The molecule has 0 bridgehead atoms. The summed E-state index contributed by atoms with van der Waals surface area (Å²) in [7, 11) is -3.36. The molecule has 2 rings (SSSR count). The Hall–Kier alpha value is -2.29. The van der Waals surface area contributed by atoms with Gasteiger partial charge in [0.25, 0.3) is 0 Å². The molecule has 0 saturated carbocycles. The second-order valence-electron chi connectivity index (χ2n) is 5.08. The number of sulfonamides is 1. The molecule has 4 nitrogen and oxygen atoms in total. The van der Waals surface area contributed by atoms with Gasteiger partial charge in [-0.2, -0.15) is 0 Å². The number of hydrogen-bond donors (Lipinski definition) is 2. The highest BCUT2D eigenvalue weighted by molar-refractivity contribution is 7.92. The zero-order chi connectivity index (χ0) is 16.2. The highest BCUT2D eigenvalue weighted by Crippen LogP contribution is 2.21. The summed E-state index contributed by atoms with van der Waals surface area (Å²) in [6, 6.07) is 14.7. The van der Waals surface area contributed by atoms with Crippen molar-refractivity contribution in [2.24, 2.45) is 5.73 Å². The smallest absolute Gasteiger partial charge is 0.229 e. The normalized spacial score (nSPS) is 12.1. The van der Waals surface area contributed by atoms with Gasteiger partial charge in [-0.25, -0.2) is 8.42 Å². The number of nitrogens with two attached hydrogens (primary N) is 1. The predicted octanol–water partition coefficient (Wildman–Crippen LogP) is 2.48. The first kappa shape index (κ1) is 16.1. The fourth-order valence-electron chi connectivity index (χ4n) is 1.90. The van der Waals surface area contributed by atoms with Gasteiger partial charge in [-0.15, -0.1) is 0 Å². The highest BCUT2D eigenvalue weighted by Gasteiger charge is 2.08. The minimum absolute atomic E-state index is 0.149. The van der Waals surface area contributed by atoms with Crippen LogP contribution in [0.4, 0.5) is 5.69 Å². The largest absolute Gasteiger partial charge is 0.324 e. The van der Waals surface area contributed by atoms with Crippen molar-refractivity contribution in [3.63, 3.8) is 0 Å². The Morgan fingerprint density at radius 3 is 2.36 bits per heavy atom. The van der Waals surface area contributed by atoms with E-state index in [9.17, 15) is 8.42 Å². The van der Waals surface area contributed by atoms with Gasteiger partial charge < -0.3 is 5.73 Å². The molecule has 5 heteroatoms. The van der Waals surface area contributed by atoms with Crippen LogP contribution in [-0.2, 0) is 10.0 Å². The quantitative estimate of drug-likeness (QED) is 0.855. The van der Waals surface area contributed by atoms with E-state index in [0.29, 0.717) is 11.3 Å². The third kappa shape index (κ3) is 4.62. The molecular weight excluding hydrogens is 296 g/mol. The molecule has 3 N–H and O–H groups in total. The number of anilines is 1. The van der Waals surface area contributed by atoms with Gasteiger partial charge in [0.1, 0.15) is 0 Å². The van der Waals surface area contributed by atoms with E-state index in [1.807, 2.05) is 43.3 Å². The van der Waals surface area contributed by atoms with Crippen molar-refractivity contribution < 1.29 is 8.42 Å². The van der Waals surface area contributed by atoms with Crippen molar-refractivity contribution in [1.29, 1.82) is 0 Å². The Kier molecular flexibility index (Phi) is 4.86. The zero-order valence-electron chi connectivity index (χ0n) is 12.5. The summed E-state index contributed by atoms with van der Waals surface area (Å²) in [4.78, 5) is 0. The third-order valence-electron chi connectivity index (χ3n) is 2.98. The molecule has 2 aromatic rings. The van der Waals surface area contributed by atoms with Crippen LogP contribution in [0.5, 0.6) is 0 Å². The fraction of sp³-hybridized carbons (Fsp3) is 0.176. The Balaban J connectivity index is 2.46. The van der Waals surface area contributed by atoms with Crippen LogP contribution in [-0.4, -0.2) is 14.7 Å². The summed E-state index contributed by atoms with van der Waals surface area (Å²) in [5.74, 6) is 6.04. The van der Waals surface area contributed by atoms with Crippen LogP contribution in [0.3, 0.4) is 0 Å². The van der Waals surface area contributed by atoms with Crippen LogP contribution < -0.4 is 10.5 Å². The van der Waals surface area contributed by atoms with Gasteiger partial charge in [0.05, 0.1) is 11.9 Å². The summed E-state index contributed by atoms with van der Waals surface area (Å²) in [5.41, 5.74) is 8.70. The lowest BCUT2D eigenvalue weighted by atomic mass is 10.0. The molecule has 0 saturated heterocycles. The van der Waals surface area contributed by atoms with Gasteiger partial charge in [-0.1, -0.05) is 36.1 Å². The maximum atomic E-state index is 11.5. The molecule has 0 aliphatic carbocycles. The second kappa shape index (κ2) is 6.65. The fourth-order valence-corrected chi connectivity index (χ4v) is 2.48. The Bertz CT molecular complexity index is 817. The Morgan fingerprint density at radius 2 is 1.77 bits per heavy atom. The lowest BCUT2D eigenvalue weighted by molar-refractivity contribution is 0.607. The molecule has 0 aromatic heterocycles. The minimum atomic E-state index is -3.36. The minimum Gasteiger partial charge on any atom is -0.324 e. The molecule has 0 spiro atoms. The van der Waals surface area contributed by atoms with Gasteiger partial charge in [-0.05, 0) is 36.8 Å².